The number of nitrogens with one attached hydrogen (secondary N) is 1. The Bertz CT molecular complexity index is 644. The predicted molar refractivity (Wildman–Crippen MR) is 80.1 cm³/mol. The van der Waals surface area contributed by atoms with Crippen LogP contribution in [0.3, 0.4) is 0 Å². The summed E-state index contributed by atoms with van der Waals surface area (Å²) >= 11 is 0. The van der Waals surface area contributed by atoms with Crippen molar-refractivity contribution >= 4 is 25.6 Å². The second-order valence-corrected chi connectivity index (χ2v) is 7.82. The lowest BCUT2D eigenvalue weighted by atomic mass is 10.1. The van der Waals surface area contributed by atoms with Gasteiger partial charge < -0.3 is 10.1 Å². The van der Waals surface area contributed by atoms with Gasteiger partial charge in [0.05, 0.1) is 11.0 Å². The fraction of sp³-hybridized carbons (Fsp3) is 0.500. The largest absolute Gasteiger partial charge is 0.381 e. The van der Waals surface area contributed by atoms with Crippen LogP contribution in [0, 0.1) is 6.92 Å². The number of carbonyl (C=O) groups is 1. The molecule has 0 aromatic heterocycles. The number of rotatable bonds is 4. The lowest BCUT2D eigenvalue weighted by molar-refractivity contribution is 0.0914. The summed E-state index contributed by atoms with van der Waals surface area (Å²) in [4.78, 5) is 12.2. The van der Waals surface area contributed by atoms with Crippen molar-refractivity contribution in [2.45, 2.75) is 43.2 Å². The Hall–Kier alpha value is -1.11. The van der Waals surface area contributed by atoms with Gasteiger partial charge in [0.1, 0.15) is 0 Å². The van der Waals surface area contributed by atoms with Gasteiger partial charge in [-0.2, -0.15) is 0 Å². The highest BCUT2D eigenvalue weighted by atomic mass is 35.7. The van der Waals surface area contributed by atoms with Crippen molar-refractivity contribution in [3.05, 3.63) is 29.3 Å². The molecule has 2 unspecified atom stereocenters. The fourth-order valence-electron chi connectivity index (χ4n) is 2.59. The first-order valence-electron chi connectivity index (χ1n) is 6.70. The Labute approximate surface area is 129 Å². The van der Waals surface area contributed by atoms with Crippen LogP contribution in [0.5, 0.6) is 0 Å². The second-order valence-electron chi connectivity index (χ2n) is 5.26. The molecule has 1 amide bonds. The van der Waals surface area contributed by atoms with Gasteiger partial charge in [0.2, 0.25) is 0 Å². The lowest BCUT2D eigenvalue weighted by Gasteiger charge is -2.14. The minimum absolute atomic E-state index is 0.00136. The van der Waals surface area contributed by atoms with Gasteiger partial charge in [-0.05, 0) is 49.9 Å². The van der Waals surface area contributed by atoms with Crippen molar-refractivity contribution in [2.24, 2.45) is 0 Å². The van der Waals surface area contributed by atoms with Crippen LogP contribution in [0.1, 0.15) is 35.2 Å². The van der Waals surface area contributed by atoms with E-state index >= 15 is 0 Å². The molecule has 1 N–H and O–H groups in total. The zero-order valence-corrected chi connectivity index (χ0v) is 13.5. The minimum Gasteiger partial charge on any atom is -0.381 e. The number of methoxy groups -OCH3 is 1. The second kappa shape index (κ2) is 6.34. The number of carbonyl (C=O) groups excluding carboxylic acids is 1. The summed E-state index contributed by atoms with van der Waals surface area (Å²) in [5.74, 6) is -0.201. The third kappa shape index (κ3) is 3.96. The van der Waals surface area contributed by atoms with Crippen molar-refractivity contribution in [1.29, 1.82) is 0 Å². The molecule has 5 nitrogen and oxygen atoms in total. The molecule has 2 rings (SSSR count). The average molecular weight is 332 g/mol. The molecule has 7 heteroatoms. The van der Waals surface area contributed by atoms with E-state index in [1.54, 1.807) is 14.0 Å². The van der Waals surface area contributed by atoms with Gasteiger partial charge in [0.25, 0.3) is 15.0 Å². The Morgan fingerprint density at radius 1 is 1.38 bits per heavy atom. The van der Waals surface area contributed by atoms with Crippen LogP contribution in [0.4, 0.5) is 0 Å². The van der Waals surface area contributed by atoms with E-state index in [-0.39, 0.29) is 22.9 Å². The van der Waals surface area contributed by atoms with E-state index < -0.39 is 9.05 Å². The van der Waals surface area contributed by atoms with E-state index in [0.29, 0.717) is 11.1 Å². The number of hydrogen-bond acceptors (Lipinski definition) is 4. The molecule has 0 bridgehead atoms. The molecule has 116 valence electrons. The van der Waals surface area contributed by atoms with Crippen molar-refractivity contribution in [1.82, 2.24) is 5.32 Å². The first kappa shape index (κ1) is 16.3. The van der Waals surface area contributed by atoms with Crippen LogP contribution in [-0.2, 0) is 13.8 Å². The monoisotopic (exact) mass is 331 g/mol. The maximum absolute atomic E-state index is 12.2. The summed E-state index contributed by atoms with van der Waals surface area (Å²) < 4.78 is 27.8. The molecular formula is C14H18ClNO4S. The zero-order chi connectivity index (χ0) is 15.6. The Balaban J connectivity index is 2.10. The number of amides is 1. The van der Waals surface area contributed by atoms with Crippen LogP contribution in [-0.4, -0.2) is 33.6 Å². The number of benzene rings is 1. The summed E-state index contributed by atoms with van der Waals surface area (Å²) in [6.45, 7) is 1.69. The predicted octanol–water partition coefficient (Wildman–Crippen LogP) is 2.22. The van der Waals surface area contributed by atoms with Gasteiger partial charge in [-0.3, -0.25) is 4.79 Å². The first-order chi connectivity index (χ1) is 9.81. The van der Waals surface area contributed by atoms with E-state index in [4.69, 9.17) is 15.4 Å². The number of ether oxygens (including phenoxy) is 1. The van der Waals surface area contributed by atoms with Gasteiger partial charge >= 0.3 is 0 Å². The van der Waals surface area contributed by atoms with Crippen molar-refractivity contribution in [3.8, 4) is 0 Å². The Kier molecular flexibility index (Phi) is 4.91. The first-order valence-corrected chi connectivity index (χ1v) is 9.01. The summed E-state index contributed by atoms with van der Waals surface area (Å²) in [5.41, 5.74) is 1.04. The minimum atomic E-state index is -3.78. The summed E-state index contributed by atoms with van der Waals surface area (Å²) in [6.07, 6.45) is 2.82. The molecule has 21 heavy (non-hydrogen) atoms. The van der Waals surface area contributed by atoms with E-state index in [1.165, 1.54) is 18.2 Å². The van der Waals surface area contributed by atoms with Gasteiger partial charge in [-0.25, -0.2) is 8.42 Å². The molecule has 1 aromatic rings. The van der Waals surface area contributed by atoms with E-state index in [2.05, 4.69) is 5.32 Å². The molecular weight excluding hydrogens is 314 g/mol. The quantitative estimate of drug-likeness (QED) is 0.859. The molecule has 2 atom stereocenters. The smallest absolute Gasteiger partial charge is 0.261 e. The SMILES string of the molecule is COC1CCC(NC(=O)c2ccc(S(=O)(=O)Cl)cc2C)C1. The number of hydrogen-bond donors (Lipinski definition) is 1. The molecule has 0 aliphatic heterocycles. The van der Waals surface area contributed by atoms with Crippen LogP contribution in [0.15, 0.2) is 23.1 Å². The summed E-state index contributed by atoms with van der Waals surface area (Å²) in [6, 6.07) is 4.34. The molecule has 0 heterocycles. The highest BCUT2D eigenvalue weighted by Crippen LogP contribution is 2.23. The summed E-state index contributed by atoms with van der Waals surface area (Å²) in [7, 11) is 3.18. The molecule has 0 saturated heterocycles. The number of halogens is 1. The average Bonchev–Trinajstić information content (AvgIpc) is 2.85. The van der Waals surface area contributed by atoms with Gasteiger partial charge in [-0.1, -0.05) is 0 Å². The Morgan fingerprint density at radius 3 is 2.62 bits per heavy atom. The maximum atomic E-state index is 12.2. The van der Waals surface area contributed by atoms with Crippen LogP contribution < -0.4 is 5.32 Å². The molecule has 1 aliphatic rings. The Morgan fingerprint density at radius 2 is 2.10 bits per heavy atom. The topological polar surface area (TPSA) is 72.5 Å². The highest BCUT2D eigenvalue weighted by molar-refractivity contribution is 8.13. The number of aryl methyl sites for hydroxylation is 1. The van der Waals surface area contributed by atoms with Crippen LogP contribution >= 0.6 is 10.7 Å². The molecule has 0 radical (unpaired) electrons. The van der Waals surface area contributed by atoms with Gasteiger partial charge in [0, 0.05) is 29.4 Å². The molecule has 1 saturated carbocycles. The van der Waals surface area contributed by atoms with Crippen LogP contribution in [0.25, 0.3) is 0 Å². The van der Waals surface area contributed by atoms with E-state index in [1.807, 2.05) is 0 Å². The third-order valence-electron chi connectivity index (χ3n) is 3.78. The fourth-order valence-corrected chi connectivity index (χ4v) is 3.43. The lowest BCUT2D eigenvalue weighted by Crippen LogP contribution is -2.33. The zero-order valence-electron chi connectivity index (χ0n) is 11.9. The van der Waals surface area contributed by atoms with Crippen LogP contribution in [0.2, 0.25) is 0 Å². The third-order valence-corrected chi connectivity index (χ3v) is 5.13. The molecule has 1 aromatic carbocycles. The molecule has 0 spiro atoms. The highest BCUT2D eigenvalue weighted by Gasteiger charge is 2.26. The normalized spacial score (nSPS) is 22.2. The maximum Gasteiger partial charge on any atom is 0.261 e. The van der Waals surface area contributed by atoms with Gasteiger partial charge in [0.15, 0.2) is 0 Å². The van der Waals surface area contributed by atoms with Crippen molar-refractivity contribution in [3.63, 3.8) is 0 Å². The molecule has 1 fully saturated rings. The van der Waals surface area contributed by atoms with Crippen molar-refractivity contribution in [2.75, 3.05) is 7.11 Å². The van der Waals surface area contributed by atoms with E-state index in [0.717, 1.165) is 19.3 Å². The molecule has 1 aliphatic carbocycles. The van der Waals surface area contributed by atoms with Crippen molar-refractivity contribution < 1.29 is 17.9 Å². The standard InChI is InChI=1S/C14H18ClNO4S/c1-9-7-12(21(15,18)19)5-6-13(9)14(17)16-10-3-4-11(8-10)20-2/h5-7,10-11H,3-4,8H2,1-2H3,(H,16,17). The van der Waals surface area contributed by atoms with E-state index in [9.17, 15) is 13.2 Å². The summed E-state index contributed by atoms with van der Waals surface area (Å²) in [5, 5.41) is 2.96. The van der Waals surface area contributed by atoms with Gasteiger partial charge in [-0.15, -0.1) is 0 Å².